The van der Waals surface area contributed by atoms with E-state index in [0.29, 0.717) is 11.1 Å². The summed E-state index contributed by atoms with van der Waals surface area (Å²) in [5.74, 6) is 2.76. The van der Waals surface area contributed by atoms with Crippen LogP contribution in [0.1, 0.15) is 12.5 Å². The van der Waals surface area contributed by atoms with E-state index >= 15 is 0 Å². The molecule has 0 spiro atoms. The minimum atomic E-state index is -0.265. The lowest BCUT2D eigenvalue weighted by Crippen LogP contribution is -2.31. The molecule has 7 heteroatoms. The summed E-state index contributed by atoms with van der Waals surface area (Å²) < 4.78 is 5.85. The molecule has 1 aliphatic rings. The predicted molar refractivity (Wildman–Crippen MR) is 111 cm³/mol. The Bertz CT molecular complexity index is 779. The van der Waals surface area contributed by atoms with Gasteiger partial charge in [-0.1, -0.05) is 23.7 Å². The highest BCUT2D eigenvalue weighted by atomic mass is 35.5. The van der Waals surface area contributed by atoms with Crippen molar-refractivity contribution in [3.63, 3.8) is 0 Å². The van der Waals surface area contributed by atoms with Crippen molar-refractivity contribution in [1.82, 2.24) is 5.43 Å². The quantitative estimate of drug-likeness (QED) is 0.419. The van der Waals surface area contributed by atoms with Gasteiger partial charge in [0.15, 0.2) is 0 Å². The first-order chi connectivity index (χ1) is 12.6. The van der Waals surface area contributed by atoms with Gasteiger partial charge in [-0.3, -0.25) is 4.79 Å². The summed E-state index contributed by atoms with van der Waals surface area (Å²) in [4.78, 5) is 13.2. The third kappa shape index (κ3) is 5.69. The molecule has 1 amide bonds. The summed E-state index contributed by atoms with van der Waals surface area (Å²) in [7, 11) is 0. The van der Waals surface area contributed by atoms with Gasteiger partial charge in [0, 0.05) is 21.4 Å². The molecule has 0 aliphatic carbocycles. The van der Waals surface area contributed by atoms with Crippen LogP contribution in [-0.4, -0.2) is 35.0 Å². The zero-order chi connectivity index (χ0) is 18.4. The maximum absolute atomic E-state index is 12.2. The standard InChI is InChI=1S/C19H19ClN2O2S2/c1-13(26-18-7-5-15(20)6-8-18)19(23)22-21-10-14-3-2-4-16(9-14)24-17-11-25-12-17/h2-10,13,17H,11-12H2,1H3,(H,22,23)/b21-10-/t13-/m1/s1. The number of hydrogen-bond donors (Lipinski definition) is 1. The Morgan fingerprint density at radius 3 is 2.81 bits per heavy atom. The minimum absolute atomic E-state index is 0.153. The summed E-state index contributed by atoms with van der Waals surface area (Å²) in [6.45, 7) is 1.84. The predicted octanol–water partition coefficient (Wildman–Crippen LogP) is 4.47. The molecular weight excluding hydrogens is 388 g/mol. The Morgan fingerprint density at radius 1 is 1.35 bits per heavy atom. The molecule has 1 atom stereocenters. The van der Waals surface area contributed by atoms with E-state index in [-0.39, 0.29) is 11.2 Å². The molecule has 136 valence electrons. The second-order valence-electron chi connectivity index (χ2n) is 5.80. The second kappa shape index (κ2) is 9.35. The summed E-state index contributed by atoms with van der Waals surface area (Å²) in [6.07, 6.45) is 1.93. The van der Waals surface area contributed by atoms with E-state index in [0.717, 1.165) is 27.7 Å². The van der Waals surface area contributed by atoms with Crippen molar-refractivity contribution in [2.75, 3.05) is 11.5 Å². The van der Waals surface area contributed by atoms with E-state index in [1.807, 2.05) is 67.2 Å². The average Bonchev–Trinajstić information content (AvgIpc) is 2.60. The third-order valence-electron chi connectivity index (χ3n) is 3.65. The molecule has 1 heterocycles. The Labute approximate surface area is 166 Å². The molecule has 0 saturated carbocycles. The van der Waals surface area contributed by atoms with Gasteiger partial charge in [-0.25, -0.2) is 5.43 Å². The van der Waals surface area contributed by atoms with Crippen LogP contribution in [0.25, 0.3) is 0 Å². The van der Waals surface area contributed by atoms with Crippen molar-refractivity contribution in [3.8, 4) is 5.75 Å². The van der Waals surface area contributed by atoms with Gasteiger partial charge in [-0.15, -0.1) is 11.8 Å². The molecule has 2 aromatic carbocycles. The Balaban J connectivity index is 1.49. The van der Waals surface area contributed by atoms with Crippen LogP contribution >= 0.6 is 35.1 Å². The number of nitrogens with zero attached hydrogens (tertiary/aromatic N) is 1. The van der Waals surface area contributed by atoms with Crippen molar-refractivity contribution in [1.29, 1.82) is 0 Å². The number of amides is 1. The molecule has 0 aromatic heterocycles. The maximum Gasteiger partial charge on any atom is 0.253 e. The molecule has 1 saturated heterocycles. The highest BCUT2D eigenvalue weighted by molar-refractivity contribution is 8.00. The fourth-order valence-electron chi connectivity index (χ4n) is 2.17. The Kier molecular flexibility index (Phi) is 6.88. The summed E-state index contributed by atoms with van der Waals surface area (Å²) >= 11 is 9.21. The summed E-state index contributed by atoms with van der Waals surface area (Å²) in [5, 5.41) is 4.47. The van der Waals surface area contributed by atoms with E-state index in [4.69, 9.17) is 16.3 Å². The smallest absolute Gasteiger partial charge is 0.253 e. The number of hydrazone groups is 1. The van der Waals surface area contributed by atoms with E-state index < -0.39 is 0 Å². The van der Waals surface area contributed by atoms with Crippen molar-refractivity contribution < 1.29 is 9.53 Å². The second-order valence-corrected chi connectivity index (χ2v) is 8.72. The van der Waals surface area contributed by atoms with Crippen molar-refractivity contribution in [2.24, 2.45) is 5.10 Å². The van der Waals surface area contributed by atoms with Crippen molar-refractivity contribution in [2.45, 2.75) is 23.2 Å². The molecule has 3 rings (SSSR count). The number of halogens is 1. The van der Waals surface area contributed by atoms with E-state index in [2.05, 4.69) is 10.5 Å². The Hall–Kier alpha value is -1.63. The van der Waals surface area contributed by atoms with Gasteiger partial charge in [0.25, 0.3) is 5.91 Å². The van der Waals surface area contributed by atoms with Gasteiger partial charge in [0.2, 0.25) is 0 Å². The van der Waals surface area contributed by atoms with Crippen LogP contribution < -0.4 is 10.2 Å². The van der Waals surface area contributed by atoms with Crippen LogP contribution in [0.4, 0.5) is 0 Å². The fourth-order valence-corrected chi connectivity index (χ4v) is 3.73. The zero-order valence-electron chi connectivity index (χ0n) is 14.2. The van der Waals surface area contributed by atoms with Gasteiger partial charge >= 0.3 is 0 Å². The molecule has 1 N–H and O–H groups in total. The van der Waals surface area contributed by atoms with Gasteiger partial charge < -0.3 is 4.74 Å². The molecular formula is C19H19ClN2O2S2. The minimum Gasteiger partial charge on any atom is -0.489 e. The molecule has 4 nitrogen and oxygen atoms in total. The molecule has 0 radical (unpaired) electrons. The van der Waals surface area contributed by atoms with Gasteiger partial charge in [0.1, 0.15) is 11.9 Å². The summed E-state index contributed by atoms with van der Waals surface area (Å²) in [6, 6.07) is 15.1. The zero-order valence-corrected chi connectivity index (χ0v) is 16.6. The number of thioether (sulfide) groups is 2. The van der Waals surface area contributed by atoms with E-state index in [9.17, 15) is 4.79 Å². The van der Waals surface area contributed by atoms with Gasteiger partial charge in [-0.05, 0) is 48.9 Å². The highest BCUT2D eigenvalue weighted by Crippen LogP contribution is 2.25. The molecule has 2 aromatic rings. The van der Waals surface area contributed by atoms with Crippen LogP contribution in [-0.2, 0) is 4.79 Å². The fraction of sp³-hybridized carbons (Fsp3) is 0.263. The van der Waals surface area contributed by atoms with Crippen molar-refractivity contribution >= 4 is 47.2 Å². The number of rotatable bonds is 7. The first-order valence-electron chi connectivity index (χ1n) is 8.20. The maximum atomic E-state index is 12.2. The highest BCUT2D eigenvalue weighted by Gasteiger charge is 2.19. The lowest BCUT2D eigenvalue weighted by molar-refractivity contribution is -0.120. The van der Waals surface area contributed by atoms with Crippen LogP contribution in [0.15, 0.2) is 58.5 Å². The third-order valence-corrected chi connectivity index (χ3v) is 6.23. The normalized spacial score (nSPS) is 15.5. The number of benzene rings is 2. The number of carbonyl (C=O) groups is 1. The monoisotopic (exact) mass is 406 g/mol. The number of carbonyl (C=O) groups excluding carboxylic acids is 1. The first-order valence-corrected chi connectivity index (χ1v) is 10.6. The number of nitrogens with one attached hydrogen (secondary N) is 1. The number of ether oxygens (including phenoxy) is 1. The summed E-state index contributed by atoms with van der Waals surface area (Å²) in [5.41, 5.74) is 3.47. The molecule has 0 unspecified atom stereocenters. The molecule has 1 fully saturated rings. The number of hydrogen-bond acceptors (Lipinski definition) is 5. The average molecular weight is 407 g/mol. The van der Waals surface area contributed by atoms with Crippen LogP contribution in [0.3, 0.4) is 0 Å². The molecule has 0 bridgehead atoms. The lowest BCUT2D eigenvalue weighted by atomic mass is 10.2. The van der Waals surface area contributed by atoms with Gasteiger partial charge in [-0.2, -0.15) is 16.9 Å². The van der Waals surface area contributed by atoms with Gasteiger partial charge in [0.05, 0.1) is 11.5 Å². The van der Waals surface area contributed by atoms with E-state index in [1.54, 1.807) is 6.21 Å². The largest absolute Gasteiger partial charge is 0.489 e. The lowest BCUT2D eigenvalue weighted by Gasteiger charge is -2.25. The molecule has 26 heavy (non-hydrogen) atoms. The van der Waals surface area contributed by atoms with Crippen LogP contribution in [0.2, 0.25) is 5.02 Å². The topological polar surface area (TPSA) is 50.7 Å². The SMILES string of the molecule is C[C@@H](Sc1ccc(Cl)cc1)C(=O)N/N=C\c1cccc(OC2CSC2)c1. The van der Waals surface area contributed by atoms with Crippen molar-refractivity contribution in [3.05, 3.63) is 59.1 Å². The van der Waals surface area contributed by atoms with Crippen LogP contribution in [0.5, 0.6) is 5.75 Å². The Morgan fingerprint density at radius 2 is 2.12 bits per heavy atom. The molecule has 1 aliphatic heterocycles. The van der Waals surface area contributed by atoms with E-state index in [1.165, 1.54) is 11.8 Å². The first kappa shape index (κ1) is 19.1. The van der Waals surface area contributed by atoms with Crippen LogP contribution in [0, 0.1) is 0 Å².